The number of amides is 1. The molecule has 6 nitrogen and oxygen atoms in total. The summed E-state index contributed by atoms with van der Waals surface area (Å²) < 4.78 is 7.45. The highest BCUT2D eigenvalue weighted by Gasteiger charge is 2.19. The van der Waals surface area contributed by atoms with Crippen molar-refractivity contribution in [1.82, 2.24) is 20.1 Å². The number of fused-ring (bicyclic) bond motifs is 1. The summed E-state index contributed by atoms with van der Waals surface area (Å²) in [4.78, 5) is 17.4. The lowest BCUT2D eigenvalue weighted by Crippen LogP contribution is -2.23. The molecule has 0 saturated heterocycles. The second kappa shape index (κ2) is 6.55. The Balaban J connectivity index is 2.24. The quantitative estimate of drug-likeness (QED) is 0.718. The second-order valence-corrected chi connectivity index (χ2v) is 6.30. The molecule has 0 aliphatic carbocycles. The van der Waals surface area contributed by atoms with E-state index in [0.29, 0.717) is 23.4 Å². The van der Waals surface area contributed by atoms with Gasteiger partial charge in [-0.2, -0.15) is 5.10 Å². The standard InChI is InChI=1S/C19H22N4O2/c1-6-7-20-19(24)15-9-17(14-8-12(4)25-13(14)5)22-18-16(15)10-21-23(18)11(2)3/h6,8-11H,1,7H2,2-5H3,(H,20,24). The summed E-state index contributed by atoms with van der Waals surface area (Å²) in [5, 5.41) is 7.98. The van der Waals surface area contributed by atoms with Gasteiger partial charge >= 0.3 is 0 Å². The zero-order chi connectivity index (χ0) is 18.1. The third-order valence-electron chi connectivity index (χ3n) is 4.02. The number of hydrogen-bond acceptors (Lipinski definition) is 4. The highest BCUT2D eigenvalue weighted by atomic mass is 16.3. The lowest BCUT2D eigenvalue weighted by molar-refractivity contribution is 0.0959. The van der Waals surface area contributed by atoms with Crippen molar-refractivity contribution in [2.75, 3.05) is 6.54 Å². The molecule has 25 heavy (non-hydrogen) atoms. The summed E-state index contributed by atoms with van der Waals surface area (Å²) in [6, 6.07) is 3.87. The predicted octanol–water partition coefficient (Wildman–Crippen LogP) is 3.80. The number of aryl methyl sites for hydroxylation is 2. The van der Waals surface area contributed by atoms with E-state index in [2.05, 4.69) is 17.0 Å². The largest absolute Gasteiger partial charge is 0.466 e. The molecular weight excluding hydrogens is 316 g/mol. The van der Waals surface area contributed by atoms with Crippen LogP contribution in [0.5, 0.6) is 0 Å². The van der Waals surface area contributed by atoms with Crippen LogP contribution in [0.25, 0.3) is 22.3 Å². The van der Waals surface area contributed by atoms with Crippen LogP contribution in [0.3, 0.4) is 0 Å². The molecule has 1 amide bonds. The molecule has 3 heterocycles. The summed E-state index contributed by atoms with van der Waals surface area (Å²) in [5.74, 6) is 1.41. The number of carbonyl (C=O) groups is 1. The Bertz CT molecular complexity index is 950. The van der Waals surface area contributed by atoms with Crippen LogP contribution >= 0.6 is 0 Å². The summed E-state index contributed by atoms with van der Waals surface area (Å²) in [6.45, 7) is 11.9. The lowest BCUT2D eigenvalue weighted by Gasteiger charge is -2.10. The SMILES string of the molecule is C=CCNC(=O)c1cc(-c2cc(C)oc2C)nc2c1cnn2C(C)C. The highest BCUT2D eigenvalue weighted by molar-refractivity contribution is 6.06. The van der Waals surface area contributed by atoms with Crippen molar-refractivity contribution in [2.45, 2.75) is 33.7 Å². The number of nitrogens with one attached hydrogen (secondary N) is 1. The molecule has 0 bridgehead atoms. The molecule has 0 saturated carbocycles. The average Bonchev–Trinajstić information content (AvgIpc) is 3.14. The number of aromatic nitrogens is 3. The molecule has 0 fully saturated rings. The van der Waals surface area contributed by atoms with E-state index in [9.17, 15) is 4.79 Å². The van der Waals surface area contributed by atoms with Gasteiger partial charge in [-0.3, -0.25) is 4.79 Å². The highest BCUT2D eigenvalue weighted by Crippen LogP contribution is 2.29. The van der Waals surface area contributed by atoms with Crippen molar-refractivity contribution in [3.8, 4) is 11.3 Å². The molecule has 3 aromatic heterocycles. The lowest BCUT2D eigenvalue weighted by atomic mass is 10.1. The first-order valence-electron chi connectivity index (χ1n) is 8.27. The third-order valence-corrected chi connectivity index (χ3v) is 4.02. The maximum atomic E-state index is 12.6. The Kier molecular flexibility index (Phi) is 4.44. The Labute approximate surface area is 146 Å². The smallest absolute Gasteiger partial charge is 0.252 e. The van der Waals surface area contributed by atoms with Gasteiger partial charge in [0.1, 0.15) is 11.5 Å². The normalized spacial score (nSPS) is 11.2. The summed E-state index contributed by atoms with van der Waals surface area (Å²) >= 11 is 0. The van der Waals surface area contributed by atoms with Crippen LogP contribution in [0.1, 0.15) is 41.8 Å². The number of pyridine rings is 1. The molecule has 6 heteroatoms. The van der Waals surface area contributed by atoms with E-state index < -0.39 is 0 Å². The molecule has 0 aromatic carbocycles. The zero-order valence-corrected chi connectivity index (χ0v) is 15.0. The van der Waals surface area contributed by atoms with Crippen LogP contribution in [0.15, 0.2) is 35.4 Å². The predicted molar refractivity (Wildman–Crippen MR) is 97.6 cm³/mol. The first kappa shape index (κ1) is 17.0. The molecular formula is C19H22N4O2. The van der Waals surface area contributed by atoms with Crippen molar-refractivity contribution >= 4 is 16.9 Å². The number of furan rings is 1. The van der Waals surface area contributed by atoms with Gasteiger partial charge in [-0.25, -0.2) is 9.67 Å². The topological polar surface area (TPSA) is 73.0 Å². The van der Waals surface area contributed by atoms with Crippen LogP contribution in [-0.4, -0.2) is 27.2 Å². The number of rotatable bonds is 5. The molecule has 3 rings (SSSR count). The van der Waals surface area contributed by atoms with Gasteiger partial charge in [0.15, 0.2) is 5.65 Å². The Morgan fingerprint density at radius 2 is 2.16 bits per heavy atom. The minimum absolute atomic E-state index is 0.136. The molecule has 0 spiro atoms. The molecule has 0 atom stereocenters. The first-order chi connectivity index (χ1) is 11.9. The molecule has 1 N–H and O–H groups in total. The molecule has 0 aliphatic rings. The Morgan fingerprint density at radius 1 is 1.40 bits per heavy atom. The minimum atomic E-state index is -0.172. The summed E-state index contributed by atoms with van der Waals surface area (Å²) in [6.07, 6.45) is 3.35. The van der Waals surface area contributed by atoms with Crippen LogP contribution in [0, 0.1) is 13.8 Å². The fraction of sp³-hybridized carbons (Fsp3) is 0.316. The van der Waals surface area contributed by atoms with E-state index in [1.54, 1.807) is 18.3 Å². The van der Waals surface area contributed by atoms with Gasteiger partial charge in [-0.1, -0.05) is 6.08 Å². The molecule has 130 valence electrons. The number of carbonyl (C=O) groups excluding carboxylic acids is 1. The van der Waals surface area contributed by atoms with Crippen molar-refractivity contribution in [2.24, 2.45) is 0 Å². The Morgan fingerprint density at radius 3 is 2.76 bits per heavy atom. The van der Waals surface area contributed by atoms with Crippen molar-refractivity contribution in [3.63, 3.8) is 0 Å². The molecule has 0 radical (unpaired) electrons. The van der Waals surface area contributed by atoms with Crippen LogP contribution in [0.4, 0.5) is 0 Å². The monoisotopic (exact) mass is 338 g/mol. The summed E-state index contributed by atoms with van der Waals surface area (Å²) in [5.41, 5.74) is 2.82. The molecule has 0 unspecified atom stereocenters. The Hall–Kier alpha value is -2.89. The van der Waals surface area contributed by atoms with Gasteiger partial charge < -0.3 is 9.73 Å². The average molecular weight is 338 g/mol. The van der Waals surface area contributed by atoms with Gasteiger partial charge in [-0.15, -0.1) is 6.58 Å². The van der Waals surface area contributed by atoms with E-state index in [1.807, 2.05) is 38.4 Å². The van der Waals surface area contributed by atoms with Crippen molar-refractivity contribution < 1.29 is 9.21 Å². The van der Waals surface area contributed by atoms with Crippen LogP contribution in [-0.2, 0) is 0 Å². The second-order valence-electron chi connectivity index (χ2n) is 6.30. The minimum Gasteiger partial charge on any atom is -0.466 e. The first-order valence-corrected chi connectivity index (χ1v) is 8.27. The van der Waals surface area contributed by atoms with Crippen LogP contribution in [0.2, 0.25) is 0 Å². The van der Waals surface area contributed by atoms with E-state index >= 15 is 0 Å². The van der Waals surface area contributed by atoms with Crippen molar-refractivity contribution in [1.29, 1.82) is 0 Å². The fourth-order valence-corrected chi connectivity index (χ4v) is 2.87. The summed E-state index contributed by atoms with van der Waals surface area (Å²) in [7, 11) is 0. The van der Waals surface area contributed by atoms with Gasteiger partial charge in [0.05, 0.1) is 22.8 Å². The molecule has 0 aliphatic heterocycles. The maximum absolute atomic E-state index is 12.6. The van der Waals surface area contributed by atoms with Gasteiger partial charge in [-0.05, 0) is 39.8 Å². The van der Waals surface area contributed by atoms with Gasteiger partial charge in [0.2, 0.25) is 0 Å². The zero-order valence-electron chi connectivity index (χ0n) is 15.0. The van der Waals surface area contributed by atoms with E-state index in [-0.39, 0.29) is 11.9 Å². The fourth-order valence-electron chi connectivity index (χ4n) is 2.87. The molecule has 3 aromatic rings. The van der Waals surface area contributed by atoms with E-state index in [1.165, 1.54) is 0 Å². The van der Waals surface area contributed by atoms with Crippen molar-refractivity contribution in [3.05, 3.63) is 48.1 Å². The number of nitrogens with zero attached hydrogens (tertiary/aromatic N) is 3. The maximum Gasteiger partial charge on any atom is 0.252 e. The van der Waals surface area contributed by atoms with Crippen LogP contribution < -0.4 is 5.32 Å². The number of hydrogen-bond donors (Lipinski definition) is 1. The van der Waals surface area contributed by atoms with Gasteiger partial charge in [0, 0.05) is 18.2 Å². The van der Waals surface area contributed by atoms with Gasteiger partial charge in [0.25, 0.3) is 5.91 Å². The third kappa shape index (κ3) is 3.07. The van der Waals surface area contributed by atoms with E-state index in [4.69, 9.17) is 9.40 Å². The van der Waals surface area contributed by atoms with E-state index in [0.717, 1.165) is 22.5 Å².